The van der Waals surface area contributed by atoms with Crippen LogP contribution in [0.4, 0.5) is 5.69 Å². The van der Waals surface area contributed by atoms with Gasteiger partial charge in [0.05, 0.1) is 12.5 Å². The number of aryl methyl sites for hydroxylation is 2. The molecule has 0 aliphatic carbocycles. The molecule has 0 bridgehead atoms. The number of hydrogen-bond acceptors (Lipinski definition) is 5. The minimum Gasteiger partial charge on any atom is -0.497 e. The SMILES string of the molecule is COc1ccc(-c2csc3nc(C)n(CC(=O)Nc4cccc(C)c4C)c(=O)c23)cc1. The fourth-order valence-corrected chi connectivity index (χ4v) is 4.50. The smallest absolute Gasteiger partial charge is 0.263 e. The molecule has 4 rings (SSSR count). The molecule has 0 spiro atoms. The van der Waals surface area contributed by atoms with Crippen molar-refractivity contribution in [2.24, 2.45) is 0 Å². The number of fused-ring (bicyclic) bond motifs is 1. The van der Waals surface area contributed by atoms with Crippen molar-refractivity contribution in [2.75, 3.05) is 12.4 Å². The van der Waals surface area contributed by atoms with Crippen LogP contribution in [0.2, 0.25) is 0 Å². The van der Waals surface area contributed by atoms with E-state index in [0.717, 1.165) is 33.7 Å². The van der Waals surface area contributed by atoms with Crippen LogP contribution in [0.15, 0.2) is 52.6 Å². The van der Waals surface area contributed by atoms with Gasteiger partial charge in [-0.2, -0.15) is 0 Å². The van der Waals surface area contributed by atoms with Crippen molar-refractivity contribution in [3.05, 3.63) is 75.1 Å². The number of nitrogens with zero attached hydrogens (tertiary/aromatic N) is 2. The van der Waals surface area contributed by atoms with Crippen molar-refractivity contribution in [1.82, 2.24) is 9.55 Å². The summed E-state index contributed by atoms with van der Waals surface area (Å²) in [6, 6.07) is 13.3. The third-order valence-electron chi connectivity index (χ3n) is 5.47. The summed E-state index contributed by atoms with van der Waals surface area (Å²) >= 11 is 1.42. The number of benzene rings is 2. The summed E-state index contributed by atoms with van der Waals surface area (Å²) in [7, 11) is 1.61. The standard InChI is InChI=1S/C24H23N3O3S/c1-14-6-5-7-20(15(14)2)26-21(28)12-27-16(3)25-23-22(24(27)29)19(13-31-23)17-8-10-18(30-4)11-9-17/h5-11,13H,12H2,1-4H3,(H,26,28). The Balaban J connectivity index is 1.70. The van der Waals surface area contributed by atoms with Crippen molar-refractivity contribution in [3.8, 4) is 16.9 Å². The second-order valence-electron chi connectivity index (χ2n) is 7.40. The number of methoxy groups -OCH3 is 1. The van der Waals surface area contributed by atoms with E-state index in [0.29, 0.717) is 16.0 Å². The zero-order chi connectivity index (χ0) is 22.1. The predicted octanol–water partition coefficient (Wildman–Crippen LogP) is 4.70. The second-order valence-corrected chi connectivity index (χ2v) is 8.26. The Morgan fingerprint density at radius 2 is 1.87 bits per heavy atom. The van der Waals surface area contributed by atoms with Crippen LogP contribution in [0.1, 0.15) is 17.0 Å². The first-order chi connectivity index (χ1) is 14.9. The average molecular weight is 434 g/mol. The number of ether oxygens (including phenoxy) is 1. The van der Waals surface area contributed by atoms with E-state index in [2.05, 4.69) is 10.3 Å². The largest absolute Gasteiger partial charge is 0.497 e. The fourth-order valence-electron chi connectivity index (χ4n) is 3.51. The Morgan fingerprint density at radius 1 is 1.13 bits per heavy atom. The number of anilines is 1. The molecule has 1 amide bonds. The second kappa shape index (κ2) is 8.35. The highest BCUT2D eigenvalue weighted by molar-refractivity contribution is 7.17. The highest BCUT2D eigenvalue weighted by Gasteiger charge is 2.17. The van der Waals surface area contributed by atoms with Crippen molar-refractivity contribution >= 4 is 33.1 Å². The van der Waals surface area contributed by atoms with Gasteiger partial charge in [-0.1, -0.05) is 24.3 Å². The van der Waals surface area contributed by atoms with E-state index in [9.17, 15) is 9.59 Å². The summed E-state index contributed by atoms with van der Waals surface area (Å²) in [5, 5.41) is 5.38. The predicted molar refractivity (Wildman–Crippen MR) is 125 cm³/mol. The molecule has 0 saturated carbocycles. The van der Waals surface area contributed by atoms with Crippen LogP contribution in [0.3, 0.4) is 0 Å². The van der Waals surface area contributed by atoms with E-state index in [1.165, 1.54) is 15.9 Å². The number of nitrogens with one attached hydrogen (secondary N) is 1. The zero-order valence-electron chi connectivity index (χ0n) is 17.9. The third kappa shape index (κ3) is 3.96. The molecule has 0 atom stereocenters. The summed E-state index contributed by atoms with van der Waals surface area (Å²) in [6.45, 7) is 5.61. The zero-order valence-corrected chi connectivity index (χ0v) is 18.7. The van der Waals surface area contributed by atoms with Crippen LogP contribution in [-0.2, 0) is 11.3 Å². The maximum Gasteiger partial charge on any atom is 0.263 e. The molecular formula is C24H23N3O3S. The summed E-state index contributed by atoms with van der Waals surface area (Å²) in [5.41, 5.74) is 4.35. The maximum atomic E-state index is 13.4. The van der Waals surface area contributed by atoms with E-state index < -0.39 is 0 Å². The Bertz CT molecular complexity index is 1340. The summed E-state index contributed by atoms with van der Waals surface area (Å²) in [6.07, 6.45) is 0. The van der Waals surface area contributed by atoms with Gasteiger partial charge in [-0.25, -0.2) is 4.98 Å². The summed E-state index contributed by atoms with van der Waals surface area (Å²) < 4.78 is 6.65. The van der Waals surface area contributed by atoms with Crippen molar-refractivity contribution in [2.45, 2.75) is 27.3 Å². The lowest BCUT2D eigenvalue weighted by molar-refractivity contribution is -0.116. The van der Waals surface area contributed by atoms with Gasteiger partial charge in [0.25, 0.3) is 5.56 Å². The number of carbonyl (C=O) groups excluding carboxylic acids is 1. The van der Waals surface area contributed by atoms with Gasteiger partial charge >= 0.3 is 0 Å². The molecule has 6 nitrogen and oxygen atoms in total. The van der Waals surface area contributed by atoms with Gasteiger partial charge in [0.15, 0.2) is 0 Å². The van der Waals surface area contributed by atoms with Crippen LogP contribution < -0.4 is 15.6 Å². The molecule has 4 aromatic rings. The van der Waals surface area contributed by atoms with Crippen molar-refractivity contribution < 1.29 is 9.53 Å². The van der Waals surface area contributed by atoms with Crippen LogP contribution in [-0.4, -0.2) is 22.6 Å². The molecule has 2 aromatic heterocycles. The lowest BCUT2D eigenvalue weighted by Crippen LogP contribution is -2.30. The molecule has 0 aliphatic rings. The number of thiophene rings is 1. The summed E-state index contributed by atoms with van der Waals surface area (Å²) in [5.74, 6) is 0.996. The molecule has 0 aliphatic heterocycles. The number of carbonyl (C=O) groups is 1. The first kappa shape index (κ1) is 20.8. The molecule has 0 fully saturated rings. The maximum absolute atomic E-state index is 13.4. The normalized spacial score (nSPS) is 11.0. The van der Waals surface area contributed by atoms with Gasteiger partial charge in [-0.05, 0) is 55.7 Å². The first-order valence-corrected chi connectivity index (χ1v) is 10.8. The van der Waals surface area contributed by atoms with Crippen LogP contribution in [0, 0.1) is 20.8 Å². The molecule has 0 radical (unpaired) electrons. The Morgan fingerprint density at radius 3 is 2.58 bits per heavy atom. The minimum atomic E-state index is -0.263. The Kier molecular flexibility index (Phi) is 5.61. The van der Waals surface area contributed by atoms with Crippen LogP contribution >= 0.6 is 11.3 Å². The summed E-state index contributed by atoms with van der Waals surface area (Å²) in [4.78, 5) is 31.4. The first-order valence-electron chi connectivity index (χ1n) is 9.88. The molecule has 7 heteroatoms. The average Bonchev–Trinajstić information content (AvgIpc) is 3.18. The quantitative estimate of drug-likeness (QED) is 0.495. The van der Waals surface area contributed by atoms with Gasteiger partial charge < -0.3 is 10.1 Å². The van der Waals surface area contributed by atoms with Crippen molar-refractivity contribution in [3.63, 3.8) is 0 Å². The van der Waals surface area contributed by atoms with Gasteiger partial charge in [0.1, 0.15) is 22.9 Å². The van der Waals surface area contributed by atoms with E-state index in [1.807, 2.05) is 61.7 Å². The van der Waals surface area contributed by atoms with E-state index in [1.54, 1.807) is 14.0 Å². The van der Waals surface area contributed by atoms with E-state index in [-0.39, 0.29) is 18.0 Å². The number of hydrogen-bond donors (Lipinski definition) is 1. The van der Waals surface area contributed by atoms with Gasteiger partial charge in [0, 0.05) is 16.6 Å². The van der Waals surface area contributed by atoms with Gasteiger partial charge in [-0.15, -0.1) is 11.3 Å². The highest BCUT2D eigenvalue weighted by atomic mass is 32.1. The highest BCUT2D eigenvalue weighted by Crippen LogP contribution is 2.32. The number of aromatic nitrogens is 2. The van der Waals surface area contributed by atoms with Crippen LogP contribution in [0.25, 0.3) is 21.3 Å². The Hall–Kier alpha value is -3.45. The molecule has 0 saturated heterocycles. The molecule has 2 aromatic carbocycles. The minimum absolute atomic E-state index is 0.0983. The topological polar surface area (TPSA) is 73.2 Å². The lowest BCUT2D eigenvalue weighted by Gasteiger charge is -2.13. The molecule has 31 heavy (non-hydrogen) atoms. The number of amides is 1. The fraction of sp³-hybridized carbons (Fsp3) is 0.208. The van der Waals surface area contributed by atoms with Gasteiger partial charge in [-0.3, -0.25) is 14.2 Å². The molecule has 158 valence electrons. The Labute approximate surface area is 184 Å². The molecule has 2 heterocycles. The van der Waals surface area contributed by atoms with Gasteiger partial charge in [0.2, 0.25) is 5.91 Å². The third-order valence-corrected chi connectivity index (χ3v) is 6.34. The van der Waals surface area contributed by atoms with E-state index in [4.69, 9.17) is 4.74 Å². The van der Waals surface area contributed by atoms with Crippen LogP contribution in [0.5, 0.6) is 5.75 Å². The lowest BCUT2D eigenvalue weighted by atomic mass is 10.1. The van der Waals surface area contributed by atoms with E-state index >= 15 is 0 Å². The molecular weight excluding hydrogens is 410 g/mol. The monoisotopic (exact) mass is 433 g/mol. The molecule has 1 N–H and O–H groups in total. The number of rotatable bonds is 5. The van der Waals surface area contributed by atoms with Crippen molar-refractivity contribution in [1.29, 1.82) is 0 Å². The molecule has 0 unspecified atom stereocenters.